The summed E-state index contributed by atoms with van der Waals surface area (Å²) in [4.78, 5) is 24.8. The van der Waals surface area contributed by atoms with Gasteiger partial charge in [0.2, 0.25) is 0 Å². The Bertz CT molecular complexity index is 1040. The van der Waals surface area contributed by atoms with Crippen molar-refractivity contribution >= 4 is 33.1 Å². The summed E-state index contributed by atoms with van der Waals surface area (Å²) in [5.74, 6) is -0.763. The second kappa shape index (κ2) is 9.49. The van der Waals surface area contributed by atoms with Crippen LogP contribution in [0.4, 0.5) is 11.4 Å². The van der Waals surface area contributed by atoms with E-state index in [1.54, 1.807) is 38.1 Å². The predicted molar refractivity (Wildman–Crippen MR) is 119 cm³/mol. The molecule has 0 aromatic heterocycles. The molecule has 1 aliphatic heterocycles. The number of sulfone groups is 1. The molecule has 31 heavy (non-hydrogen) atoms. The van der Waals surface area contributed by atoms with Gasteiger partial charge in [0.25, 0.3) is 5.91 Å². The van der Waals surface area contributed by atoms with E-state index in [0.29, 0.717) is 24.4 Å². The molecule has 2 aromatic carbocycles. The number of benzene rings is 2. The number of carbonyl (C=O) groups is 2. The summed E-state index contributed by atoms with van der Waals surface area (Å²) >= 11 is 0. The third-order valence-corrected chi connectivity index (χ3v) is 7.07. The minimum atomic E-state index is -3.28. The normalized spacial score (nSPS) is 18.6. The molecule has 1 saturated heterocycles. The van der Waals surface area contributed by atoms with Crippen molar-refractivity contribution in [2.75, 3.05) is 29.2 Å². The molecule has 0 aliphatic carbocycles. The molecule has 0 saturated carbocycles. The van der Waals surface area contributed by atoms with Crippen molar-refractivity contribution in [3.05, 3.63) is 54.1 Å². The Morgan fingerprint density at radius 2 is 1.74 bits per heavy atom. The van der Waals surface area contributed by atoms with Crippen LogP contribution in [0.5, 0.6) is 0 Å². The highest BCUT2D eigenvalue weighted by Gasteiger charge is 2.36. The van der Waals surface area contributed by atoms with Crippen molar-refractivity contribution in [2.24, 2.45) is 5.92 Å². The maximum Gasteiger partial charge on any atom is 0.312 e. The number of ether oxygens (including phenoxy) is 1. The van der Waals surface area contributed by atoms with Gasteiger partial charge in [-0.1, -0.05) is 6.92 Å². The summed E-state index contributed by atoms with van der Waals surface area (Å²) in [6.07, 6.45) is 0. The fourth-order valence-corrected chi connectivity index (χ4v) is 4.32. The average molecular weight is 446 g/mol. The number of amides is 1. The zero-order valence-electron chi connectivity index (χ0n) is 17.8. The number of hydrogen-bond donors (Lipinski definition) is 2. The Morgan fingerprint density at radius 3 is 2.32 bits per heavy atom. The molecule has 1 fully saturated rings. The van der Waals surface area contributed by atoms with Crippen molar-refractivity contribution in [3.63, 3.8) is 0 Å². The van der Waals surface area contributed by atoms with Crippen LogP contribution in [0.15, 0.2) is 53.4 Å². The lowest BCUT2D eigenvalue weighted by molar-refractivity contribution is -0.147. The molecule has 166 valence electrons. The highest BCUT2D eigenvalue weighted by molar-refractivity contribution is 7.91. The highest BCUT2D eigenvalue weighted by atomic mass is 32.2. The van der Waals surface area contributed by atoms with Crippen LogP contribution in [0.25, 0.3) is 0 Å². The van der Waals surface area contributed by atoms with Crippen molar-refractivity contribution in [2.45, 2.75) is 31.7 Å². The Kier molecular flexibility index (Phi) is 6.97. The maximum atomic E-state index is 12.5. The zero-order chi connectivity index (χ0) is 22.6. The van der Waals surface area contributed by atoms with Crippen molar-refractivity contribution in [3.8, 4) is 0 Å². The van der Waals surface area contributed by atoms with Crippen LogP contribution in [-0.4, -0.2) is 45.2 Å². The van der Waals surface area contributed by atoms with Gasteiger partial charge < -0.3 is 15.1 Å². The lowest BCUT2D eigenvalue weighted by Crippen LogP contribution is -2.37. The van der Waals surface area contributed by atoms with Gasteiger partial charge in [-0.25, -0.2) is 13.8 Å². The van der Waals surface area contributed by atoms with Crippen LogP contribution in [0.2, 0.25) is 0 Å². The minimum absolute atomic E-state index is 0.0239. The van der Waals surface area contributed by atoms with Crippen LogP contribution in [-0.2, 0) is 19.4 Å². The first kappa shape index (κ1) is 22.8. The first-order valence-electron chi connectivity index (χ1n) is 10.2. The molecule has 0 bridgehead atoms. The molecule has 9 heteroatoms. The largest absolute Gasteiger partial charge is 0.466 e. The number of nitrogens with zero attached hydrogens (tertiary/aromatic N) is 1. The van der Waals surface area contributed by atoms with E-state index in [4.69, 9.17) is 4.74 Å². The van der Waals surface area contributed by atoms with Gasteiger partial charge in [-0.15, -0.1) is 0 Å². The van der Waals surface area contributed by atoms with Crippen LogP contribution >= 0.6 is 0 Å². The molecular formula is C22H27N3O5S. The number of nitrogens with one attached hydrogen (secondary N) is 2. The summed E-state index contributed by atoms with van der Waals surface area (Å²) in [6, 6.07) is 13.0. The van der Waals surface area contributed by atoms with E-state index in [2.05, 4.69) is 10.7 Å². The standard InChI is InChI=1S/C22H27N3O5S/c1-4-30-22(27)20-14-23-25(15(20)3)18-10-6-16(7-11-18)21(26)24-17-8-12-19(13-9-17)31(28,29)5-2/h6-13,15,20,23H,4-5,14H2,1-3H3,(H,24,26). The number of rotatable bonds is 7. The topological polar surface area (TPSA) is 105 Å². The quantitative estimate of drug-likeness (QED) is 0.631. The lowest BCUT2D eigenvalue weighted by atomic mass is 10.0. The monoisotopic (exact) mass is 445 g/mol. The minimum Gasteiger partial charge on any atom is -0.466 e. The van der Waals surface area contributed by atoms with Gasteiger partial charge in [0.15, 0.2) is 9.84 Å². The highest BCUT2D eigenvalue weighted by Crippen LogP contribution is 2.25. The Balaban J connectivity index is 1.65. The fraction of sp³-hybridized carbons (Fsp3) is 0.364. The summed E-state index contributed by atoms with van der Waals surface area (Å²) < 4.78 is 28.9. The fourth-order valence-electron chi connectivity index (χ4n) is 3.44. The van der Waals surface area contributed by atoms with Crippen LogP contribution < -0.4 is 15.8 Å². The maximum absolute atomic E-state index is 12.5. The molecule has 2 unspecified atom stereocenters. The smallest absolute Gasteiger partial charge is 0.312 e. The molecule has 2 aromatic rings. The number of esters is 1. The summed E-state index contributed by atoms with van der Waals surface area (Å²) in [7, 11) is -3.28. The van der Waals surface area contributed by atoms with E-state index in [0.717, 1.165) is 5.69 Å². The third-order valence-electron chi connectivity index (χ3n) is 5.32. The second-order valence-electron chi connectivity index (χ2n) is 7.26. The Labute approximate surface area is 182 Å². The number of carbonyl (C=O) groups excluding carboxylic acids is 2. The number of hydrogen-bond acceptors (Lipinski definition) is 7. The van der Waals surface area contributed by atoms with Crippen LogP contribution in [0, 0.1) is 5.92 Å². The average Bonchev–Trinajstić information content (AvgIpc) is 3.15. The van der Waals surface area contributed by atoms with E-state index < -0.39 is 9.84 Å². The molecule has 0 spiro atoms. The van der Waals surface area contributed by atoms with Crippen molar-refractivity contribution in [1.29, 1.82) is 0 Å². The van der Waals surface area contributed by atoms with Gasteiger partial charge in [0, 0.05) is 17.8 Å². The van der Waals surface area contributed by atoms with E-state index >= 15 is 0 Å². The molecule has 1 aliphatic rings. The second-order valence-corrected chi connectivity index (χ2v) is 9.54. The van der Waals surface area contributed by atoms with Gasteiger partial charge in [0.1, 0.15) is 0 Å². The molecule has 1 amide bonds. The first-order valence-corrected chi connectivity index (χ1v) is 11.9. The Morgan fingerprint density at radius 1 is 1.10 bits per heavy atom. The van der Waals surface area contributed by atoms with Gasteiger partial charge in [0.05, 0.1) is 34.9 Å². The number of anilines is 2. The summed E-state index contributed by atoms with van der Waals surface area (Å²) in [5, 5.41) is 4.66. The van der Waals surface area contributed by atoms with Gasteiger partial charge in [-0.3, -0.25) is 9.59 Å². The van der Waals surface area contributed by atoms with Crippen LogP contribution in [0.3, 0.4) is 0 Å². The van der Waals surface area contributed by atoms with E-state index in [9.17, 15) is 18.0 Å². The number of hydrazine groups is 1. The van der Waals surface area contributed by atoms with Gasteiger partial charge in [-0.05, 0) is 62.4 Å². The third kappa shape index (κ3) is 5.05. The molecule has 0 radical (unpaired) electrons. The van der Waals surface area contributed by atoms with Gasteiger partial charge >= 0.3 is 5.97 Å². The van der Waals surface area contributed by atoms with Gasteiger partial charge in [-0.2, -0.15) is 0 Å². The molecule has 1 heterocycles. The molecule has 8 nitrogen and oxygen atoms in total. The molecule has 3 rings (SSSR count). The predicted octanol–water partition coefficient (Wildman–Crippen LogP) is 2.62. The SMILES string of the molecule is CCOC(=O)C1CNN(c2ccc(C(=O)Nc3ccc(S(=O)(=O)CC)cc3)cc2)C1C. The summed E-state index contributed by atoms with van der Waals surface area (Å²) in [6.45, 7) is 6.16. The van der Waals surface area contributed by atoms with Crippen molar-refractivity contribution < 1.29 is 22.7 Å². The molecule has 2 N–H and O–H groups in total. The summed E-state index contributed by atoms with van der Waals surface area (Å²) in [5.41, 5.74) is 5.01. The van der Waals surface area contributed by atoms with Crippen LogP contribution in [0.1, 0.15) is 31.1 Å². The Hall–Kier alpha value is -2.91. The van der Waals surface area contributed by atoms with E-state index in [1.807, 2.05) is 24.1 Å². The van der Waals surface area contributed by atoms with Crippen molar-refractivity contribution in [1.82, 2.24) is 5.43 Å². The van der Waals surface area contributed by atoms with E-state index in [1.165, 1.54) is 12.1 Å². The lowest BCUT2D eigenvalue weighted by Gasteiger charge is -2.25. The molecule has 2 atom stereocenters. The first-order chi connectivity index (χ1) is 14.8. The zero-order valence-corrected chi connectivity index (χ0v) is 18.6. The van der Waals surface area contributed by atoms with E-state index in [-0.39, 0.29) is 34.5 Å². The molecular weight excluding hydrogens is 418 g/mol.